The fraction of sp³-hybridized carbons (Fsp3) is 0.857. The van der Waals surface area contributed by atoms with Gasteiger partial charge in [0.1, 0.15) is 18.5 Å². The van der Waals surface area contributed by atoms with Gasteiger partial charge in [0.15, 0.2) is 11.6 Å². The zero-order chi connectivity index (χ0) is 22.8. The lowest BCUT2D eigenvalue weighted by molar-refractivity contribution is -0.125. The quantitative estimate of drug-likeness (QED) is 0.455. The lowest BCUT2D eigenvalue weighted by atomic mass is 10.1. The van der Waals surface area contributed by atoms with Gasteiger partial charge in [-0.1, -0.05) is 13.3 Å². The number of unbranched alkanes of at least 4 members (excludes halogenated alkanes) is 2. The van der Waals surface area contributed by atoms with Crippen molar-refractivity contribution in [2.24, 2.45) is 0 Å². The van der Waals surface area contributed by atoms with Gasteiger partial charge in [-0.05, 0) is 47.0 Å². The van der Waals surface area contributed by atoms with E-state index >= 15 is 0 Å². The molecule has 7 heteroatoms. The van der Waals surface area contributed by atoms with Gasteiger partial charge in [0, 0.05) is 48.1 Å². The standard InChI is InChI=1S/C8H16O2.C5H10O2.C4H8O2.C4H10O/c1-8(9)6-4-3-5-7-10-2;1-4(6)5(2)7-3;1-4(5)3-6-2;1-3-4-5-2/h3-7H2,1-2H3;5H,1-3H3;3H2,1-2H3;3-4H2,1-2H3. The van der Waals surface area contributed by atoms with Crippen LogP contribution in [0.4, 0.5) is 0 Å². The molecule has 28 heavy (non-hydrogen) atoms. The number of carbonyl (C=O) groups is 3. The molecule has 0 saturated carbocycles. The Bertz CT molecular complexity index is 342. The Hall–Kier alpha value is -1.15. The second-order valence-electron chi connectivity index (χ2n) is 6.12. The molecular formula is C21H44O7. The molecule has 0 fully saturated rings. The average Bonchev–Trinajstić information content (AvgIpc) is 2.62. The molecule has 0 spiro atoms. The van der Waals surface area contributed by atoms with Crippen LogP contribution in [-0.2, 0) is 33.3 Å². The van der Waals surface area contributed by atoms with Gasteiger partial charge in [0.2, 0.25) is 0 Å². The molecule has 0 saturated heterocycles. The van der Waals surface area contributed by atoms with Crippen LogP contribution in [0, 0.1) is 0 Å². The van der Waals surface area contributed by atoms with Crippen molar-refractivity contribution in [3.8, 4) is 0 Å². The van der Waals surface area contributed by atoms with Gasteiger partial charge in [0.25, 0.3) is 0 Å². The largest absolute Gasteiger partial charge is 0.385 e. The van der Waals surface area contributed by atoms with Crippen molar-refractivity contribution < 1.29 is 33.3 Å². The van der Waals surface area contributed by atoms with Crippen LogP contribution >= 0.6 is 0 Å². The molecule has 0 amide bonds. The first-order valence-electron chi connectivity index (χ1n) is 9.63. The molecule has 0 bridgehead atoms. The van der Waals surface area contributed by atoms with E-state index in [2.05, 4.69) is 16.4 Å². The predicted molar refractivity (Wildman–Crippen MR) is 113 cm³/mol. The number of carbonyl (C=O) groups excluding carboxylic acids is 3. The number of ether oxygens (including phenoxy) is 4. The van der Waals surface area contributed by atoms with Crippen LogP contribution < -0.4 is 0 Å². The van der Waals surface area contributed by atoms with E-state index in [4.69, 9.17) is 9.47 Å². The highest BCUT2D eigenvalue weighted by Gasteiger charge is 2.01. The zero-order valence-electron chi connectivity index (χ0n) is 19.6. The number of hydrogen-bond donors (Lipinski definition) is 0. The van der Waals surface area contributed by atoms with Crippen molar-refractivity contribution >= 4 is 17.3 Å². The summed E-state index contributed by atoms with van der Waals surface area (Å²) in [6.45, 7) is 10.4. The third-order valence-electron chi connectivity index (χ3n) is 3.06. The third-order valence-corrected chi connectivity index (χ3v) is 3.06. The normalized spacial score (nSPS) is 10.2. The maximum atomic E-state index is 10.4. The number of hydrogen-bond acceptors (Lipinski definition) is 7. The summed E-state index contributed by atoms with van der Waals surface area (Å²) in [6.07, 6.45) is 4.80. The number of rotatable bonds is 12. The molecule has 0 rings (SSSR count). The Balaban J connectivity index is -0.000000142. The molecule has 1 unspecified atom stereocenters. The van der Waals surface area contributed by atoms with Crippen LogP contribution in [0.2, 0.25) is 0 Å². The maximum absolute atomic E-state index is 10.4. The summed E-state index contributed by atoms with van der Waals surface area (Å²) in [5.41, 5.74) is 0. The van der Waals surface area contributed by atoms with Crippen LogP contribution in [0.25, 0.3) is 0 Å². The minimum Gasteiger partial charge on any atom is -0.385 e. The molecule has 1 atom stereocenters. The van der Waals surface area contributed by atoms with Crippen LogP contribution in [0.5, 0.6) is 0 Å². The first-order valence-corrected chi connectivity index (χ1v) is 9.63. The van der Waals surface area contributed by atoms with Crippen molar-refractivity contribution in [2.75, 3.05) is 48.3 Å². The van der Waals surface area contributed by atoms with Gasteiger partial charge >= 0.3 is 0 Å². The smallest absolute Gasteiger partial charge is 0.158 e. The van der Waals surface area contributed by atoms with Crippen molar-refractivity contribution in [1.82, 2.24) is 0 Å². The number of ketones is 3. The molecule has 0 aromatic carbocycles. The highest BCUT2D eigenvalue weighted by atomic mass is 16.5. The number of methoxy groups -OCH3 is 4. The van der Waals surface area contributed by atoms with Gasteiger partial charge in [-0.3, -0.25) is 9.59 Å². The summed E-state index contributed by atoms with van der Waals surface area (Å²) in [5, 5.41) is 0. The topological polar surface area (TPSA) is 88.1 Å². The van der Waals surface area contributed by atoms with E-state index in [1.807, 2.05) is 0 Å². The Kier molecular flexibility index (Phi) is 37.5. The fourth-order valence-electron chi connectivity index (χ4n) is 1.37. The summed E-state index contributed by atoms with van der Waals surface area (Å²) < 4.78 is 18.7. The second kappa shape index (κ2) is 30.6. The number of Topliss-reactive ketones (excluding diaryl/α,β-unsaturated/α-hetero) is 3. The fourth-order valence-corrected chi connectivity index (χ4v) is 1.37. The van der Waals surface area contributed by atoms with E-state index < -0.39 is 0 Å². The van der Waals surface area contributed by atoms with Crippen molar-refractivity contribution in [2.45, 2.75) is 72.8 Å². The van der Waals surface area contributed by atoms with E-state index in [9.17, 15) is 14.4 Å². The molecule has 0 N–H and O–H groups in total. The first kappa shape index (κ1) is 34.4. The van der Waals surface area contributed by atoms with E-state index in [1.165, 1.54) is 28.1 Å². The molecule has 0 radical (unpaired) electrons. The van der Waals surface area contributed by atoms with E-state index in [-0.39, 0.29) is 30.1 Å². The molecule has 0 aromatic rings. The predicted octanol–water partition coefficient (Wildman–Crippen LogP) is 3.66. The summed E-state index contributed by atoms with van der Waals surface area (Å²) in [6, 6.07) is 0. The molecule has 0 heterocycles. The zero-order valence-corrected chi connectivity index (χ0v) is 19.6. The maximum Gasteiger partial charge on any atom is 0.158 e. The third kappa shape index (κ3) is 49.8. The molecular weight excluding hydrogens is 364 g/mol. The van der Waals surface area contributed by atoms with E-state index in [1.54, 1.807) is 28.1 Å². The Morgan fingerprint density at radius 1 is 0.750 bits per heavy atom. The highest BCUT2D eigenvalue weighted by molar-refractivity contribution is 5.79. The van der Waals surface area contributed by atoms with Gasteiger partial charge in [-0.25, -0.2) is 0 Å². The van der Waals surface area contributed by atoms with Gasteiger partial charge in [-0.15, -0.1) is 0 Å². The molecule has 170 valence electrons. The lowest BCUT2D eigenvalue weighted by Crippen LogP contribution is -2.14. The SMILES string of the molecule is CCCOC.COC(C)C(C)=O.COCC(C)=O.COCCCCCC(C)=O. The summed E-state index contributed by atoms with van der Waals surface area (Å²) in [4.78, 5) is 30.6. The van der Waals surface area contributed by atoms with Crippen molar-refractivity contribution in [1.29, 1.82) is 0 Å². The van der Waals surface area contributed by atoms with Gasteiger partial charge in [0.05, 0.1) is 0 Å². The second-order valence-corrected chi connectivity index (χ2v) is 6.12. The summed E-state index contributed by atoms with van der Waals surface area (Å²) in [5.74, 6) is 0.428. The molecule has 0 aliphatic carbocycles. The van der Waals surface area contributed by atoms with Crippen molar-refractivity contribution in [3.05, 3.63) is 0 Å². The van der Waals surface area contributed by atoms with Crippen LogP contribution in [0.15, 0.2) is 0 Å². The van der Waals surface area contributed by atoms with Crippen LogP contribution in [-0.4, -0.2) is 71.7 Å². The van der Waals surface area contributed by atoms with Crippen LogP contribution in [0.1, 0.15) is 66.7 Å². The Labute approximate surface area is 172 Å². The molecule has 0 aromatic heterocycles. The summed E-state index contributed by atoms with van der Waals surface area (Å²) >= 11 is 0. The van der Waals surface area contributed by atoms with Gasteiger partial charge in [-0.2, -0.15) is 0 Å². The average molecular weight is 409 g/mol. The Morgan fingerprint density at radius 3 is 1.46 bits per heavy atom. The van der Waals surface area contributed by atoms with E-state index in [0.29, 0.717) is 0 Å². The lowest BCUT2D eigenvalue weighted by Gasteiger charge is -2.00. The van der Waals surface area contributed by atoms with Crippen LogP contribution in [0.3, 0.4) is 0 Å². The molecule has 0 aliphatic heterocycles. The van der Waals surface area contributed by atoms with Gasteiger partial charge < -0.3 is 23.7 Å². The first-order chi connectivity index (χ1) is 13.1. The molecule has 0 aliphatic rings. The van der Waals surface area contributed by atoms with Crippen molar-refractivity contribution in [3.63, 3.8) is 0 Å². The highest BCUT2D eigenvalue weighted by Crippen LogP contribution is 1.99. The Morgan fingerprint density at radius 2 is 1.29 bits per heavy atom. The summed E-state index contributed by atoms with van der Waals surface area (Å²) in [7, 11) is 6.43. The minimum absolute atomic E-state index is 0.0671. The van der Waals surface area contributed by atoms with E-state index in [0.717, 1.165) is 45.3 Å². The monoisotopic (exact) mass is 408 g/mol. The minimum atomic E-state index is -0.236. The molecule has 7 nitrogen and oxygen atoms in total.